The molecule has 0 spiro atoms. The third-order valence-electron chi connectivity index (χ3n) is 3.80. The van der Waals surface area contributed by atoms with Gasteiger partial charge in [-0.3, -0.25) is 0 Å². The number of hydrogen-bond acceptors (Lipinski definition) is 1. The maximum absolute atomic E-state index is 6.49. The van der Waals surface area contributed by atoms with Gasteiger partial charge in [-0.15, -0.1) is 0 Å². The highest BCUT2D eigenvalue weighted by Gasteiger charge is 2.16. The van der Waals surface area contributed by atoms with E-state index in [1.165, 1.54) is 0 Å². The fourth-order valence-corrected chi connectivity index (χ4v) is 3.24. The van der Waals surface area contributed by atoms with Gasteiger partial charge in [-0.1, -0.05) is 65.7 Å². The topological polar surface area (TPSA) is 28.7 Å². The number of imidazole rings is 1. The molecule has 1 heterocycles. The largest absolute Gasteiger partial charge is 0.338 e. The number of hydrogen-bond donors (Lipinski definition) is 1. The normalized spacial score (nSPS) is 11.0. The zero-order valence-electron chi connectivity index (χ0n) is 12.1. The molecule has 0 fully saturated rings. The van der Waals surface area contributed by atoms with Crippen LogP contribution in [0, 0.1) is 0 Å². The number of nitrogens with zero attached hydrogens (tertiary/aromatic N) is 1. The van der Waals surface area contributed by atoms with Crippen LogP contribution in [0.4, 0.5) is 0 Å². The smallest absolute Gasteiger partial charge is 0.140 e. The first-order valence-corrected chi connectivity index (χ1v) is 7.98. The first-order chi connectivity index (χ1) is 11.2. The number of para-hydroxylation sites is 2. The van der Waals surface area contributed by atoms with Crippen LogP contribution < -0.4 is 0 Å². The van der Waals surface area contributed by atoms with Gasteiger partial charge in [0.25, 0.3) is 0 Å². The van der Waals surface area contributed by atoms with Gasteiger partial charge >= 0.3 is 0 Å². The van der Waals surface area contributed by atoms with Crippen molar-refractivity contribution >= 4 is 34.2 Å². The van der Waals surface area contributed by atoms with E-state index in [0.29, 0.717) is 10.0 Å². The maximum atomic E-state index is 6.49. The average molecular weight is 339 g/mol. The van der Waals surface area contributed by atoms with Gasteiger partial charge in [0.05, 0.1) is 16.1 Å². The minimum atomic E-state index is 0.640. The summed E-state index contributed by atoms with van der Waals surface area (Å²) in [6.07, 6.45) is 0. The quantitative estimate of drug-likeness (QED) is 0.462. The second kappa shape index (κ2) is 5.73. The first-order valence-electron chi connectivity index (χ1n) is 7.22. The van der Waals surface area contributed by atoms with Crippen molar-refractivity contribution in [2.24, 2.45) is 0 Å². The Morgan fingerprint density at radius 3 is 2.22 bits per heavy atom. The molecule has 112 valence electrons. The molecule has 23 heavy (non-hydrogen) atoms. The molecule has 0 aliphatic rings. The molecule has 2 nitrogen and oxygen atoms in total. The summed E-state index contributed by atoms with van der Waals surface area (Å²) < 4.78 is 0. The monoisotopic (exact) mass is 338 g/mol. The molecular formula is C19H12Cl2N2. The molecule has 1 N–H and O–H groups in total. The fourth-order valence-electron chi connectivity index (χ4n) is 2.74. The van der Waals surface area contributed by atoms with Gasteiger partial charge in [-0.25, -0.2) is 4.98 Å². The lowest BCUT2D eigenvalue weighted by Crippen LogP contribution is -1.89. The van der Waals surface area contributed by atoms with E-state index in [0.717, 1.165) is 33.5 Å². The third-order valence-corrected chi connectivity index (χ3v) is 4.45. The minimum absolute atomic E-state index is 0.640. The van der Waals surface area contributed by atoms with Crippen LogP contribution in [-0.2, 0) is 0 Å². The maximum Gasteiger partial charge on any atom is 0.140 e. The molecule has 1 aromatic heterocycles. The Hall–Kier alpha value is -2.29. The van der Waals surface area contributed by atoms with E-state index >= 15 is 0 Å². The predicted octanol–water partition coefficient (Wildman–Crippen LogP) is 6.20. The van der Waals surface area contributed by atoms with Crippen molar-refractivity contribution in [2.75, 3.05) is 0 Å². The van der Waals surface area contributed by atoms with Crippen LogP contribution in [0.1, 0.15) is 0 Å². The second-order valence-corrected chi connectivity index (χ2v) is 6.06. The van der Waals surface area contributed by atoms with E-state index in [4.69, 9.17) is 23.2 Å². The van der Waals surface area contributed by atoms with Crippen molar-refractivity contribution in [1.82, 2.24) is 9.97 Å². The summed E-state index contributed by atoms with van der Waals surface area (Å²) in [6, 6.07) is 21.5. The molecule has 0 radical (unpaired) electrons. The molecular weight excluding hydrogens is 327 g/mol. The molecule has 0 aliphatic heterocycles. The molecule has 0 saturated carbocycles. The molecule has 4 rings (SSSR count). The lowest BCUT2D eigenvalue weighted by Gasteiger charge is -2.11. The Balaban J connectivity index is 2.00. The predicted molar refractivity (Wildman–Crippen MR) is 97.0 cm³/mol. The zero-order chi connectivity index (χ0) is 15.8. The number of aromatic nitrogens is 2. The van der Waals surface area contributed by atoms with Crippen LogP contribution in [0.25, 0.3) is 33.5 Å². The Labute approximate surface area is 143 Å². The molecule has 4 heteroatoms. The number of halogens is 2. The standard InChI is InChI=1S/C19H12Cl2N2/c20-14-8-2-1-6-12(14)13-7-5-9-15(21)18(13)19-22-16-10-3-4-11-17(16)23-19/h1-11H,(H,22,23). The zero-order valence-corrected chi connectivity index (χ0v) is 13.6. The lowest BCUT2D eigenvalue weighted by molar-refractivity contribution is 1.34. The molecule has 0 bridgehead atoms. The number of fused-ring (bicyclic) bond motifs is 1. The summed E-state index contributed by atoms with van der Waals surface area (Å²) >= 11 is 12.9. The van der Waals surface area contributed by atoms with Crippen LogP contribution in [0.15, 0.2) is 66.7 Å². The molecule has 0 atom stereocenters. The summed E-state index contributed by atoms with van der Waals surface area (Å²) in [5.74, 6) is 0.742. The molecule has 4 aromatic rings. The van der Waals surface area contributed by atoms with Crippen molar-refractivity contribution in [3.8, 4) is 22.5 Å². The van der Waals surface area contributed by atoms with Gasteiger partial charge in [0.2, 0.25) is 0 Å². The van der Waals surface area contributed by atoms with Gasteiger partial charge in [0.1, 0.15) is 5.82 Å². The van der Waals surface area contributed by atoms with Crippen LogP contribution in [0.5, 0.6) is 0 Å². The van der Waals surface area contributed by atoms with Gasteiger partial charge in [0, 0.05) is 16.1 Å². The number of nitrogens with one attached hydrogen (secondary N) is 1. The fraction of sp³-hybridized carbons (Fsp3) is 0. The van der Waals surface area contributed by atoms with Gasteiger partial charge in [-0.2, -0.15) is 0 Å². The minimum Gasteiger partial charge on any atom is -0.338 e. The first kappa shape index (κ1) is 14.3. The number of H-pyrrole nitrogens is 1. The summed E-state index contributed by atoms with van der Waals surface area (Å²) in [6.45, 7) is 0. The van der Waals surface area contributed by atoms with Crippen LogP contribution in [0.3, 0.4) is 0 Å². The molecule has 0 amide bonds. The van der Waals surface area contributed by atoms with E-state index in [2.05, 4.69) is 9.97 Å². The number of benzene rings is 3. The third kappa shape index (κ3) is 2.50. The van der Waals surface area contributed by atoms with Crippen molar-refractivity contribution in [2.45, 2.75) is 0 Å². The van der Waals surface area contributed by atoms with E-state index < -0.39 is 0 Å². The highest BCUT2D eigenvalue weighted by molar-refractivity contribution is 6.35. The van der Waals surface area contributed by atoms with Gasteiger partial charge < -0.3 is 4.98 Å². The summed E-state index contributed by atoms with van der Waals surface area (Å²) in [5, 5.41) is 1.33. The highest BCUT2D eigenvalue weighted by atomic mass is 35.5. The van der Waals surface area contributed by atoms with Crippen LogP contribution in [0.2, 0.25) is 10.0 Å². The van der Waals surface area contributed by atoms with Gasteiger partial charge in [0.15, 0.2) is 0 Å². The molecule has 0 aliphatic carbocycles. The van der Waals surface area contributed by atoms with Crippen LogP contribution >= 0.6 is 23.2 Å². The average Bonchev–Trinajstić information content (AvgIpc) is 2.98. The SMILES string of the molecule is Clc1ccccc1-c1cccc(Cl)c1-c1nc2ccccc2[nH]1. The van der Waals surface area contributed by atoms with Crippen molar-refractivity contribution in [1.29, 1.82) is 0 Å². The Morgan fingerprint density at radius 1 is 0.696 bits per heavy atom. The van der Waals surface area contributed by atoms with E-state index in [-0.39, 0.29) is 0 Å². The number of aromatic amines is 1. The Kier molecular flexibility index (Phi) is 3.56. The van der Waals surface area contributed by atoms with Gasteiger partial charge in [-0.05, 0) is 29.8 Å². The lowest BCUT2D eigenvalue weighted by atomic mass is 9.99. The summed E-state index contributed by atoms with van der Waals surface area (Å²) in [5.41, 5.74) is 4.65. The number of rotatable bonds is 2. The Bertz CT molecular complexity index is 972. The molecule has 0 saturated heterocycles. The van der Waals surface area contributed by atoms with E-state index in [9.17, 15) is 0 Å². The van der Waals surface area contributed by atoms with Crippen molar-refractivity contribution < 1.29 is 0 Å². The molecule has 0 unspecified atom stereocenters. The molecule has 3 aromatic carbocycles. The van der Waals surface area contributed by atoms with Crippen molar-refractivity contribution in [3.05, 3.63) is 76.8 Å². The van der Waals surface area contributed by atoms with E-state index in [1.807, 2.05) is 66.7 Å². The van der Waals surface area contributed by atoms with E-state index in [1.54, 1.807) is 0 Å². The Morgan fingerprint density at radius 2 is 1.39 bits per heavy atom. The highest BCUT2D eigenvalue weighted by Crippen LogP contribution is 2.39. The van der Waals surface area contributed by atoms with Crippen LogP contribution in [-0.4, -0.2) is 9.97 Å². The summed E-state index contributed by atoms with van der Waals surface area (Å²) in [7, 11) is 0. The summed E-state index contributed by atoms with van der Waals surface area (Å²) in [4.78, 5) is 8.02. The second-order valence-electron chi connectivity index (χ2n) is 5.24. The van der Waals surface area contributed by atoms with Crippen molar-refractivity contribution in [3.63, 3.8) is 0 Å².